The Morgan fingerprint density at radius 2 is 2.25 bits per heavy atom. The van der Waals surface area contributed by atoms with Crippen molar-refractivity contribution < 1.29 is 4.79 Å². The zero-order chi connectivity index (χ0) is 14.7. The maximum atomic E-state index is 12.3. The maximum Gasteiger partial charge on any atom is 0.265 e. The summed E-state index contributed by atoms with van der Waals surface area (Å²) in [5.74, 6) is 0.999. The van der Waals surface area contributed by atoms with Gasteiger partial charge in [0, 0.05) is 20.1 Å². The van der Waals surface area contributed by atoms with E-state index in [2.05, 4.69) is 17.2 Å². The Labute approximate surface area is 124 Å². The van der Waals surface area contributed by atoms with Crippen molar-refractivity contribution in [1.29, 1.82) is 0 Å². The zero-order valence-corrected chi connectivity index (χ0v) is 13.3. The van der Waals surface area contributed by atoms with E-state index in [1.807, 2.05) is 19.0 Å². The van der Waals surface area contributed by atoms with Gasteiger partial charge in [-0.15, -0.1) is 0 Å². The number of hydrogen-bond acceptors (Lipinski definition) is 5. The van der Waals surface area contributed by atoms with E-state index in [9.17, 15) is 4.79 Å². The number of carbonyl (C=O) groups is 1. The Balaban J connectivity index is 2.01. The third kappa shape index (κ3) is 3.42. The van der Waals surface area contributed by atoms with Crippen LogP contribution in [0, 0.1) is 5.92 Å². The molecule has 5 nitrogen and oxygen atoms in total. The van der Waals surface area contributed by atoms with Gasteiger partial charge in [-0.05, 0) is 18.8 Å². The quantitative estimate of drug-likeness (QED) is 0.895. The normalized spacial score (nSPS) is 22.6. The number of carbonyl (C=O) groups excluding carboxylic acids is 1. The molecule has 0 saturated heterocycles. The zero-order valence-electron chi connectivity index (χ0n) is 12.5. The molecule has 3 N–H and O–H groups in total. The summed E-state index contributed by atoms with van der Waals surface area (Å²) < 4.78 is 0. The number of thiazole rings is 1. The fourth-order valence-electron chi connectivity index (χ4n) is 2.72. The minimum absolute atomic E-state index is 0.0742. The molecule has 112 valence electrons. The lowest BCUT2D eigenvalue weighted by molar-refractivity contribution is 0.0924. The van der Waals surface area contributed by atoms with E-state index in [0.29, 0.717) is 10.7 Å². The molecule has 0 aromatic carbocycles. The first kappa shape index (κ1) is 15.1. The third-order valence-corrected chi connectivity index (χ3v) is 5.16. The molecule has 1 heterocycles. The number of nitrogens with zero attached hydrogens (tertiary/aromatic N) is 2. The van der Waals surface area contributed by atoms with Crippen molar-refractivity contribution in [3.63, 3.8) is 0 Å². The molecule has 2 rings (SSSR count). The SMILES string of the molecule is CCC1CCCC(NC(=O)c2sc(N(C)C)nc2N)C1. The van der Waals surface area contributed by atoms with Gasteiger partial charge in [0.2, 0.25) is 0 Å². The summed E-state index contributed by atoms with van der Waals surface area (Å²) in [6.07, 6.45) is 5.84. The standard InChI is InChI=1S/C14H24N4OS/c1-4-9-6-5-7-10(8-9)16-13(19)11-12(15)17-14(20-11)18(2)3/h9-10H,4-8,15H2,1-3H3,(H,16,19). The largest absolute Gasteiger partial charge is 0.382 e. The molecule has 1 aliphatic rings. The first-order chi connectivity index (χ1) is 9.51. The highest BCUT2D eigenvalue weighted by Crippen LogP contribution is 2.29. The Kier molecular flexibility index (Phi) is 4.86. The highest BCUT2D eigenvalue weighted by molar-refractivity contribution is 7.18. The minimum Gasteiger partial charge on any atom is -0.382 e. The van der Waals surface area contributed by atoms with Crippen LogP contribution < -0.4 is 16.0 Å². The van der Waals surface area contributed by atoms with Crippen molar-refractivity contribution in [2.45, 2.75) is 45.1 Å². The van der Waals surface area contributed by atoms with E-state index in [1.54, 1.807) is 0 Å². The monoisotopic (exact) mass is 296 g/mol. The number of amides is 1. The molecule has 0 spiro atoms. The van der Waals surface area contributed by atoms with E-state index in [4.69, 9.17) is 5.73 Å². The van der Waals surface area contributed by atoms with E-state index >= 15 is 0 Å². The van der Waals surface area contributed by atoms with Gasteiger partial charge in [0.1, 0.15) is 10.7 Å². The number of anilines is 2. The predicted molar refractivity (Wildman–Crippen MR) is 84.4 cm³/mol. The second kappa shape index (κ2) is 6.43. The smallest absolute Gasteiger partial charge is 0.265 e. The van der Waals surface area contributed by atoms with Gasteiger partial charge in [-0.3, -0.25) is 4.79 Å². The molecule has 1 aliphatic carbocycles. The maximum absolute atomic E-state index is 12.3. The van der Waals surface area contributed by atoms with Gasteiger partial charge >= 0.3 is 0 Å². The Morgan fingerprint density at radius 3 is 2.85 bits per heavy atom. The van der Waals surface area contributed by atoms with Gasteiger partial charge in [-0.2, -0.15) is 0 Å². The average Bonchev–Trinajstić information content (AvgIpc) is 2.81. The molecular weight excluding hydrogens is 272 g/mol. The van der Waals surface area contributed by atoms with Crippen molar-refractivity contribution in [3.05, 3.63) is 4.88 Å². The number of rotatable bonds is 4. The lowest BCUT2D eigenvalue weighted by Gasteiger charge is -2.28. The number of nitrogens with two attached hydrogens (primary N) is 1. The predicted octanol–water partition coefficient (Wildman–Crippen LogP) is 2.49. The molecule has 2 atom stereocenters. The molecule has 1 aromatic rings. The summed E-state index contributed by atoms with van der Waals surface area (Å²) in [5, 5.41) is 3.89. The summed E-state index contributed by atoms with van der Waals surface area (Å²) in [7, 11) is 3.79. The van der Waals surface area contributed by atoms with Crippen LogP contribution in [0.2, 0.25) is 0 Å². The van der Waals surface area contributed by atoms with Gasteiger partial charge in [0.15, 0.2) is 5.13 Å². The molecule has 0 aliphatic heterocycles. The van der Waals surface area contributed by atoms with Crippen molar-refractivity contribution in [2.75, 3.05) is 24.7 Å². The molecule has 6 heteroatoms. The Morgan fingerprint density at radius 1 is 1.50 bits per heavy atom. The highest BCUT2D eigenvalue weighted by Gasteiger charge is 2.24. The van der Waals surface area contributed by atoms with Crippen LogP contribution in [-0.4, -0.2) is 31.0 Å². The van der Waals surface area contributed by atoms with Crippen molar-refractivity contribution in [3.8, 4) is 0 Å². The molecule has 2 unspecified atom stereocenters. The summed E-state index contributed by atoms with van der Waals surface area (Å²) in [4.78, 5) is 18.9. The Hall–Kier alpha value is -1.30. The molecule has 1 aromatic heterocycles. The van der Waals surface area contributed by atoms with Crippen LogP contribution in [-0.2, 0) is 0 Å². The van der Waals surface area contributed by atoms with E-state index < -0.39 is 0 Å². The number of aromatic nitrogens is 1. The van der Waals surface area contributed by atoms with E-state index in [1.165, 1.54) is 30.6 Å². The minimum atomic E-state index is -0.0742. The van der Waals surface area contributed by atoms with Gasteiger partial charge in [-0.25, -0.2) is 4.98 Å². The van der Waals surface area contributed by atoms with E-state index in [-0.39, 0.29) is 11.9 Å². The molecule has 1 amide bonds. The average molecular weight is 296 g/mol. The number of hydrogen-bond donors (Lipinski definition) is 2. The fourth-order valence-corrected chi connectivity index (χ4v) is 3.53. The first-order valence-electron chi connectivity index (χ1n) is 7.25. The second-order valence-corrected chi connectivity index (χ2v) is 6.69. The van der Waals surface area contributed by atoms with Crippen LogP contribution in [0.25, 0.3) is 0 Å². The second-order valence-electron chi connectivity index (χ2n) is 5.72. The molecule has 1 saturated carbocycles. The summed E-state index contributed by atoms with van der Waals surface area (Å²) in [6, 6.07) is 0.283. The topological polar surface area (TPSA) is 71.2 Å². The fraction of sp³-hybridized carbons (Fsp3) is 0.714. The van der Waals surface area contributed by atoms with Crippen molar-refractivity contribution in [2.24, 2.45) is 5.92 Å². The van der Waals surface area contributed by atoms with Crippen LogP contribution in [0.5, 0.6) is 0 Å². The summed E-state index contributed by atoms with van der Waals surface area (Å²) in [6.45, 7) is 2.22. The number of nitrogen functional groups attached to an aromatic ring is 1. The summed E-state index contributed by atoms with van der Waals surface area (Å²) >= 11 is 1.35. The van der Waals surface area contributed by atoms with Gasteiger partial charge in [0.25, 0.3) is 5.91 Å². The highest BCUT2D eigenvalue weighted by atomic mass is 32.1. The summed E-state index contributed by atoms with van der Waals surface area (Å²) in [5.41, 5.74) is 5.85. The van der Waals surface area contributed by atoms with E-state index in [0.717, 1.165) is 23.9 Å². The van der Waals surface area contributed by atoms with Crippen molar-refractivity contribution in [1.82, 2.24) is 10.3 Å². The van der Waals surface area contributed by atoms with Gasteiger partial charge in [0.05, 0.1) is 0 Å². The molecular formula is C14H24N4OS. The Bertz CT molecular complexity index is 472. The molecule has 20 heavy (non-hydrogen) atoms. The van der Waals surface area contributed by atoms with Crippen LogP contribution in [0.1, 0.15) is 48.7 Å². The first-order valence-corrected chi connectivity index (χ1v) is 8.07. The lowest BCUT2D eigenvalue weighted by atomic mass is 9.84. The van der Waals surface area contributed by atoms with Crippen LogP contribution in [0.3, 0.4) is 0 Å². The number of nitrogens with one attached hydrogen (secondary N) is 1. The molecule has 1 fully saturated rings. The van der Waals surface area contributed by atoms with Gasteiger partial charge < -0.3 is 16.0 Å². The lowest BCUT2D eigenvalue weighted by Crippen LogP contribution is -2.38. The molecule has 0 radical (unpaired) electrons. The van der Waals surface area contributed by atoms with Gasteiger partial charge in [-0.1, -0.05) is 37.5 Å². The van der Waals surface area contributed by atoms with Crippen LogP contribution in [0.15, 0.2) is 0 Å². The third-order valence-electron chi connectivity index (χ3n) is 3.93. The van der Waals surface area contributed by atoms with Crippen LogP contribution in [0.4, 0.5) is 10.9 Å². The molecule has 0 bridgehead atoms. The van der Waals surface area contributed by atoms with Crippen LogP contribution >= 0.6 is 11.3 Å². The van der Waals surface area contributed by atoms with Crippen molar-refractivity contribution >= 4 is 28.2 Å².